The Morgan fingerprint density at radius 2 is 2.07 bits per heavy atom. The zero-order valence-corrected chi connectivity index (χ0v) is 9.29. The van der Waals surface area contributed by atoms with Crippen molar-refractivity contribution in [3.63, 3.8) is 0 Å². The number of nitrogens with one attached hydrogen (secondary N) is 1. The van der Waals surface area contributed by atoms with Crippen LogP contribution in [0.1, 0.15) is 24.2 Å². The van der Waals surface area contributed by atoms with E-state index in [0.717, 1.165) is 43.3 Å². The Bertz CT molecular complexity index is 335. The maximum absolute atomic E-state index is 5.32. The second kappa shape index (κ2) is 4.57. The molecular formula is C11H17N3O. The molecule has 0 aromatic carbocycles. The summed E-state index contributed by atoms with van der Waals surface area (Å²) >= 11 is 0. The Morgan fingerprint density at radius 3 is 2.80 bits per heavy atom. The van der Waals surface area contributed by atoms with Crippen LogP contribution >= 0.6 is 0 Å². The highest BCUT2D eigenvalue weighted by molar-refractivity contribution is 5.40. The van der Waals surface area contributed by atoms with E-state index in [1.807, 2.05) is 13.8 Å². The van der Waals surface area contributed by atoms with Gasteiger partial charge in [0.2, 0.25) is 0 Å². The molecule has 0 saturated carbocycles. The summed E-state index contributed by atoms with van der Waals surface area (Å²) in [5.41, 5.74) is 1.92. The van der Waals surface area contributed by atoms with E-state index < -0.39 is 0 Å². The average Bonchev–Trinajstić information content (AvgIpc) is 2.25. The van der Waals surface area contributed by atoms with Crippen LogP contribution in [0.3, 0.4) is 0 Å². The molecule has 1 N–H and O–H groups in total. The van der Waals surface area contributed by atoms with Gasteiger partial charge in [-0.1, -0.05) is 0 Å². The minimum atomic E-state index is 0.480. The van der Waals surface area contributed by atoms with E-state index in [4.69, 9.17) is 4.74 Å². The van der Waals surface area contributed by atoms with E-state index in [1.165, 1.54) is 0 Å². The van der Waals surface area contributed by atoms with Crippen molar-refractivity contribution in [2.24, 2.45) is 0 Å². The molecule has 4 nitrogen and oxygen atoms in total. The molecule has 1 saturated heterocycles. The third-order valence-electron chi connectivity index (χ3n) is 2.64. The summed E-state index contributed by atoms with van der Waals surface area (Å²) in [5.74, 6) is 0.918. The smallest absolute Gasteiger partial charge is 0.147 e. The number of ether oxygens (including phenoxy) is 1. The highest BCUT2D eigenvalue weighted by atomic mass is 16.5. The van der Waals surface area contributed by atoms with Crippen molar-refractivity contribution in [2.75, 3.05) is 18.5 Å². The minimum absolute atomic E-state index is 0.480. The fourth-order valence-corrected chi connectivity index (χ4v) is 1.71. The van der Waals surface area contributed by atoms with Crippen LogP contribution in [0.4, 0.5) is 5.82 Å². The summed E-state index contributed by atoms with van der Waals surface area (Å²) in [5, 5.41) is 3.44. The zero-order chi connectivity index (χ0) is 10.7. The van der Waals surface area contributed by atoms with Crippen LogP contribution in [-0.4, -0.2) is 29.2 Å². The van der Waals surface area contributed by atoms with E-state index in [2.05, 4.69) is 15.3 Å². The van der Waals surface area contributed by atoms with Crippen LogP contribution in [0.25, 0.3) is 0 Å². The third kappa shape index (κ3) is 2.65. The SMILES string of the molecule is Cc1cnc(C)c(NC2CCOCC2)n1. The number of aromatic nitrogens is 2. The molecule has 1 aliphatic rings. The van der Waals surface area contributed by atoms with Crippen LogP contribution < -0.4 is 5.32 Å². The molecule has 1 aromatic heterocycles. The highest BCUT2D eigenvalue weighted by Crippen LogP contribution is 2.15. The second-order valence-electron chi connectivity index (χ2n) is 3.98. The van der Waals surface area contributed by atoms with Crippen LogP contribution in [0.5, 0.6) is 0 Å². The van der Waals surface area contributed by atoms with Crippen LogP contribution in [0.15, 0.2) is 6.20 Å². The van der Waals surface area contributed by atoms with Crippen LogP contribution in [0, 0.1) is 13.8 Å². The molecule has 0 unspecified atom stereocenters. The van der Waals surface area contributed by atoms with Crippen LogP contribution in [0.2, 0.25) is 0 Å². The number of nitrogens with zero attached hydrogens (tertiary/aromatic N) is 2. The lowest BCUT2D eigenvalue weighted by atomic mass is 10.1. The number of aryl methyl sites for hydroxylation is 2. The lowest BCUT2D eigenvalue weighted by Crippen LogP contribution is -2.28. The van der Waals surface area contributed by atoms with Gasteiger partial charge in [-0.05, 0) is 26.7 Å². The Labute approximate surface area is 90.1 Å². The van der Waals surface area contributed by atoms with Crippen molar-refractivity contribution in [3.05, 3.63) is 17.6 Å². The first kappa shape index (κ1) is 10.4. The first-order valence-electron chi connectivity index (χ1n) is 5.40. The second-order valence-corrected chi connectivity index (χ2v) is 3.98. The molecule has 1 fully saturated rings. The molecular weight excluding hydrogens is 190 g/mol. The largest absolute Gasteiger partial charge is 0.381 e. The molecule has 4 heteroatoms. The first-order valence-corrected chi connectivity index (χ1v) is 5.40. The van der Waals surface area contributed by atoms with Crippen molar-refractivity contribution in [2.45, 2.75) is 32.7 Å². The summed E-state index contributed by atoms with van der Waals surface area (Å²) in [4.78, 5) is 8.74. The van der Waals surface area contributed by atoms with Crippen molar-refractivity contribution >= 4 is 5.82 Å². The lowest BCUT2D eigenvalue weighted by Gasteiger charge is -2.24. The molecule has 0 radical (unpaired) electrons. The molecule has 1 aromatic rings. The predicted octanol–water partition coefficient (Wildman–Crippen LogP) is 1.68. The van der Waals surface area contributed by atoms with Crippen molar-refractivity contribution < 1.29 is 4.74 Å². The van der Waals surface area contributed by atoms with Gasteiger partial charge >= 0.3 is 0 Å². The number of anilines is 1. The Balaban J connectivity index is 2.05. The maximum atomic E-state index is 5.32. The Kier molecular flexibility index (Phi) is 3.16. The van der Waals surface area contributed by atoms with Crippen molar-refractivity contribution in [1.82, 2.24) is 9.97 Å². The van der Waals surface area contributed by atoms with E-state index in [0.29, 0.717) is 6.04 Å². The first-order chi connectivity index (χ1) is 7.25. The summed E-state index contributed by atoms with van der Waals surface area (Å²) in [6.07, 6.45) is 3.90. The van der Waals surface area contributed by atoms with E-state index in [-0.39, 0.29) is 0 Å². The topological polar surface area (TPSA) is 47.0 Å². The molecule has 82 valence electrons. The average molecular weight is 207 g/mol. The maximum Gasteiger partial charge on any atom is 0.147 e. The number of hydrogen-bond donors (Lipinski definition) is 1. The standard InChI is InChI=1S/C11H17N3O/c1-8-7-12-9(2)11(13-8)14-10-3-5-15-6-4-10/h7,10H,3-6H2,1-2H3,(H,13,14). The molecule has 0 atom stereocenters. The molecule has 1 aliphatic heterocycles. The fourth-order valence-electron chi connectivity index (χ4n) is 1.71. The van der Waals surface area contributed by atoms with Gasteiger partial charge in [0.15, 0.2) is 0 Å². The quantitative estimate of drug-likeness (QED) is 0.801. The van der Waals surface area contributed by atoms with Gasteiger partial charge in [0.25, 0.3) is 0 Å². The van der Waals surface area contributed by atoms with E-state index >= 15 is 0 Å². The fraction of sp³-hybridized carbons (Fsp3) is 0.636. The molecule has 0 aliphatic carbocycles. The molecule has 0 spiro atoms. The van der Waals surface area contributed by atoms with Gasteiger partial charge in [0, 0.05) is 25.5 Å². The Morgan fingerprint density at radius 1 is 1.33 bits per heavy atom. The van der Waals surface area contributed by atoms with Crippen molar-refractivity contribution in [1.29, 1.82) is 0 Å². The van der Waals surface area contributed by atoms with Gasteiger partial charge in [-0.15, -0.1) is 0 Å². The van der Waals surface area contributed by atoms with Gasteiger partial charge in [0.05, 0.1) is 11.4 Å². The minimum Gasteiger partial charge on any atom is -0.381 e. The highest BCUT2D eigenvalue weighted by Gasteiger charge is 2.14. The normalized spacial score (nSPS) is 17.7. The van der Waals surface area contributed by atoms with E-state index in [9.17, 15) is 0 Å². The number of hydrogen-bond acceptors (Lipinski definition) is 4. The summed E-state index contributed by atoms with van der Waals surface area (Å²) in [7, 11) is 0. The summed E-state index contributed by atoms with van der Waals surface area (Å²) in [6, 6.07) is 0.480. The Hall–Kier alpha value is -1.16. The lowest BCUT2D eigenvalue weighted by molar-refractivity contribution is 0.0903. The monoisotopic (exact) mass is 207 g/mol. The van der Waals surface area contributed by atoms with E-state index in [1.54, 1.807) is 6.20 Å². The number of rotatable bonds is 2. The molecule has 2 heterocycles. The van der Waals surface area contributed by atoms with Gasteiger partial charge in [0.1, 0.15) is 5.82 Å². The molecule has 15 heavy (non-hydrogen) atoms. The zero-order valence-electron chi connectivity index (χ0n) is 9.29. The third-order valence-corrected chi connectivity index (χ3v) is 2.64. The van der Waals surface area contributed by atoms with Gasteiger partial charge in [-0.3, -0.25) is 4.98 Å². The molecule has 2 rings (SSSR count). The van der Waals surface area contributed by atoms with Gasteiger partial charge < -0.3 is 10.1 Å². The van der Waals surface area contributed by atoms with Crippen molar-refractivity contribution in [3.8, 4) is 0 Å². The molecule has 0 bridgehead atoms. The summed E-state index contributed by atoms with van der Waals surface area (Å²) < 4.78 is 5.32. The molecule has 0 amide bonds. The van der Waals surface area contributed by atoms with Gasteiger partial charge in [-0.25, -0.2) is 4.98 Å². The summed E-state index contributed by atoms with van der Waals surface area (Å²) in [6.45, 7) is 5.63. The predicted molar refractivity (Wildman–Crippen MR) is 59.0 cm³/mol. The van der Waals surface area contributed by atoms with Gasteiger partial charge in [-0.2, -0.15) is 0 Å². The van der Waals surface area contributed by atoms with Crippen LogP contribution in [-0.2, 0) is 4.74 Å².